The number of nitrogens with zero attached hydrogens (tertiary/aromatic N) is 2. The van der Waals surface area contributed by atoms with Crippen molar-refractivity contribution >= 4 is 81.0 Å². The molecular weight excluding hydrogens is 510 g/mol. The molecular formula is C23H19N3O6S3. The van der Waals surface area contributed by atoms with Crippen molar-refractivity contribution in [3.63, 3.8) is 0 Å². The van der Waals surface area contributed by atoms with Gasteiger partial charge in [0.15, 0.2) is 0 Å². The number of esters is 1. The van der Waals surface area contributed by atoms with Gasteiger partial charge in [-0.1, -0.05) is 30.0 Å². The highest BCUT2D eigenvalue weighted by molar-refractivity contribution is 8.26. The quantitative estimate of drug-likeness (QED) is 0.252. The third kappa shape index (κ3) is 5.34. The molecule has 1 aromatic carbocycles. The lowest BCUT2D eigenvalue weighted by atomic mass is 10.2. The summed E-state index contributed by atoms with van der Waals surface area (Å²) in [4.78, 5) is 65.9. The van der Waals surface area contributed by atoms with Crippen LogP contribution in [-0.2, 0) is 23.9 Å². The fourth-order valence-electron chi connectivity index (χ4n) is 3.53. The van der Waals surface area contributed by atoms with Crippen LogP contribution in [-0.4, -0.2) is 62.9 Å². The Morgan fingerprint density at radius 3 is 2.60 bits per heavy atom. The largest absolute Gasteiger partial charge is 0.462 e. The number of carbonyl (C=O) groups is 5. The molecule has 2 fully saturated rings. The zero-order chi connectivity index (χ0) is 25.1. The Bertz CT molecular complexity index is 1240. The van der Waals surface area contributed by atoms with E-state index >= 15 is 0 Å². The standard InChI is InChI=1S/C23H19N3O6S3/c1-2-32-22(31)13-5-7-14(8-6-13)24-18(27)12-25-19(28)11-16(20(25)29)26-21(30)17(35-23(26)33)10-15-4-3-9-34-15/h3-10,16H,2,11-12H2,1H3,(H,24,27)/b17-10-/t16-/m1/s1. The highest BCUT2D eigenvalue weighted by Crippen LogP contribution is 2.36. The fraction of sp³-hybridized carbons (Fsp3) is 0.217. The van der Waals surface area contributed by atoms with Gasteiger partial charge >= 0.3 is 5.97 Å². The van der Waals surface area contributed by atoms with E-state index in [0.29, 0.717) is 16.2 Å². The van der Waals surface area contributed by atoms with Gasteiger partial charge in [0.1, 0.15) is 16.9 Å². The van der Waals surface area contributed by atoms with Crippen LogP contribution in [0.2, 0.25) is 0 Å². The number of hydrogen-bond donors (Lipinski definition) is 1. The van der Waals surface area contributed by atoms with E-state index in [1.807, 2.05) is 17.5 Å². The van der Waals surface area contributed by atoms with Crippen LogP contribution in [0.25, 0.3) is 6.08 Å². The summed E-state index contributed by atoms with van der Waals surface area (Å²) in [5.74, 6) is -2.74. The van der Waals surface area contributed by atoms with Crippen LogP contribution in [0.15, 0.2) is 46.7 Å². The van der Waals surface area contributed by atoms with Gasteiger partial charge in [-0.15, -0.1) is 11.3 Å². The van der Waals surface area contributed by atoms with Crippen molar-refractivity contribution in [3.05, 3.63) is 57.1 Å². The molecule has 0 unspecified atom stereocenters. The Morgan fingerprint density at radius 2 is 1.94 bits per heavy atom. The summed E-state index contributed by atoms with van der Waals surface area (Å²) in [5.41, 5.74) is 0.712. The van der Waals surface area contributed by atoms with E-state index < -0.39 is 42.2 Å². The molecule has 9 nitrogen and oxygen atoms in total. The molecule has 180 valence electrons. The smallest absolute Gasteiger partial charge is 0.338 e. The number of thioether (sulfide) groups is 1. The summed E-state index contributed by atoms with van der Waals surface area (Å²) >= 11 is 7.85. The molecule has 3 heterocycles. The van der Waals surface area contributed by atoms with Crippen LogP contribution >= 0.6 is 35.3 Å². The predicted octanol–water partition coefficient (Wildman–Crippen LogP) is 2.89. The predicted molar refractivity (Wildman–Crippen MR) is 135 cm³/mol. The number of thiocarbonyl (C=S) groups is 1. The number of hydrogen-bond acceptors (Lipinski definition) is 9. The van der Waals surface area contributed by atoms with Crippen LogP contribution in [0.3, 0.4) is 0 Å². The number of nitrogens with one attached hydrogen (secondary N) is 1. The first-order valence-electron chi connectivity index (χ1n) is 10.5. The van der Waals surface area contributed by atoms with Crippen molar-refractivity contribution in [2.75, 3.05) is 18.5 Å². The Morgan fingerprint density at radius 1 is 1.20 bits per heavy atom. The summed E-state index contributed by atoms with van der Waals surface area (Å²) in [6.45, 7) is 1.44. The van der Waals surface area contributed by atoms with Gasteiger partial charge < -0.3 is 10.1 Å². The van der Waals surface area contributed by atoms with Crippen molar-refractivity contribution in [1.29, 1.82) is 0 Å². The lowest BCUT2D eigenvalue weighted by Crippen LogP contribution is -2.45. The summed E-state index contributed by atoms with van der Waals surface area (Å²) in [6, 6.07) is 8.64. The SMILES string of the molecule is CCOC(=O)c1ccc(NC(=O)CN2C(=O)C[C@@H](N3C(=O)/C(=C/c4cccs4)SC3=S)C2=O)cc1. The minimum absolute atomic E-state index is 0.192. The summed E-state index contributed by atoms with van der Waals surface area (Å²) in [5, 5.41) is 4.46. The first-order chi connectivity index (χ1) is 16.8. The van der Waals surface area contributed by atoms with E-state index in [0.717, 1.165) is 26.4 Å². The maximum absolute atomic E-state index is 13.0. The van der Waals surface area contributed by atoms with E-state index in [1.165, 1.54) is 35.6 Å². The number of likely N-dealkylation sites (tertiary alicyclic amines) is 1. The Balaban J connectivity index is 1.40. The minimum atomic E-state index is -1.08. The van der Waals surface area contributed by atoms with Crippen LogP contribution in [0, 0.1) is 0 Å². The second-order valence-electron chi connectivity index (χ2n) is 7.45. The van der Waals surface area contributed by atoms with Crippen LogP contribution in [0.1, 0.15) is 28.6 Å². The van der Waals surface area contributed by atoms with E-state index in [4.69, 9.17) is 17.0 Å². The Labute approximate surface area is 214 Å². The zero-order valence-electron chi connectivity index (χ0n) is 18.4. The molecule has 35 heavy (non-hydrogen) atoms. The van der Waals surface area contributed by atoms with Gasteiger partial charge in [-0.3, -0.25) is 29.0 Å². The highest BCUT2D eigenvalue weighted by atomic mass is 32.2. The number of carbonyl (C=O) groups excluding carboxylic acids is 5. The van der Waals surface area contributed by atoms with Gasteiger partial charge in [-0.2, -0.15) is 0 Å². The molecule has 0 radical (unpaired) electrons. The number of ether oxygens (including phenoxy) is 1. The number of anilines is 1. The average Bonchev–Trinajstić information content (AvgIpc) is 3.50. The van der Waals surface area contributed by atoms with Crippen LogP contribution < -0.4 is 5.32 Å². The van der Waals surface area contributed by atoms with Crippen molar-refractivity contribution in [3.8, 4) is 0 Å². The Hall–Kier alpha value is -3.35. The lowest BCUT2D eigenvalue weighted by Gasteiger charge is -2.21. The second kappa shape index (κ2) is 10.5. The average molecular weight is 530 g/mol. The Kier molecular flexibility index (Phi) is 7.43. The number of benzene rings is 1. The van der Waals surface area contributed by atoms with Crippen molar-refractivity contribution in [2.24, 2.45) is 0 Å². The summed E-state index contributed by atoms with van der Waals surface area (Å²) < 4.78 is 5.10. The molecule has 0 saturated carbocycles. The van der Waals surface area contributed by atoms with Gasteiger partial charge in [0.25, 0.3) is 11.8 Å². The molecule has 2 aromatic rings. The van der Waals surface area contributed by atoms with Crippen LogP contribution in [0.5, 0.6) is 0 Å². The molecule has 1 aromatic heterocycles. The van der Waals surface area contributed by atoms with E-state index in [2.05, 4.69) is 5.32 Å². The lowest BCUT2D eigenvalue weighted by molar-refractivity contribution is -0.143. The van der Waals surface area contributed by atoms with Crippen LogP contribution in [0.4, 0.5) is 5.69 Å². The number of amides is 4. The van der Waals surface area contributed by atoms with E-state index in [-0.39, 0.29) is 17.3 Å². The normalized spacial score (nSPS) is 19.1. The number of imide groups is 1. The van der Waals surface area contributed by atoms with E-state index in [9.17, 15) is 24.0 Å². The minimum Gasteiger partial charge on any atom is -0.462 e. The molecule has 0 spiro atoms. The maximum Gasteiger partial charge on any atom is 0.338 e. The molecule has 0 bridgehead atoms. The van der Waals surface area contributed by atoms with Gasteiger partial charge in [-0.25, -0.2) is 4.79 Å². The first-order valence-corrected chi connectivity index (χ1v) is 12.6. The third-order valence-electron chi connectivity index (χ3n) is 5.15. The van der Waals surface area contributed by atoms with Gasteiger partial charge in [-0.05, 0) is 48.7 Å². The van der Waals surface area contributed by atoms with E-state index in [1.54, 1.807) is 13.0 Å². The van der Waals surface area contributed by atoms with Crippen molar-refractivity contribution in [1.82, 2.24) is 9.80 Å². The van der Waals surface area contributed by atoms with Crippen molar-refractivity contribution < 1.29 is 28.7 Å². The number of thiophene rings is 1. The highest BCUT2D eigenvalue weighted by Gasteiger charge is 2.48. The topological polar surface area (TPSA) is 113 Å². The molecule has 0 aliphatic carbocycles. The molecule has 2 aliphatic rings. The zero-order valence-corrected chi connectivity index (χ0v) is 20.8. The molecule has 2 saturated heterocycles. The van der Waals surface area contributed by atoms with Crippen molar-refractivity contribution in [2.45, 2.75) is 19.4 Å². The van der Waals surface area contributed by atoms with Gasteiger partial charge in [0.2, 0.25) is 11.8 Å². The number of rotatable bonds is 7. The first kappa shape index (κ1) is 24.8. The summed E-state index contributed by atoms with van der Waals surface area (Å²) in [7, 11) is 0. The molecule has 4 rings (SSSR count). The van der Waals surface area contributed by atoms with Gasteiger partial charge in [0, 0.05) is 10.6 Å². The fourth-order valence-corrected chi connectivity index (χ4v) is 5.61. The molecule has 2 aliphatic heterocycles. The summed E-state index contributed by atoms with van der Waals surface area (Å²) in [6.07, 6.45) is 1.45. The third-order valence-corrected chi connectivity index (χ3v) is 7.30. The monoisotopic (exact) mass is 529 g/mol. The second-order valence-corrected chi connectivity index (χ2v) is 10.1. The molecule has 1 atom stereocenters. The molecule has 1 N–H and O–H groups in total. The van der Waals surface area contributed by atoms with Gasteiger partial charge in [0.05, 0.1) is 23.5 Å². The maximum atomic E-state index is 13.0. The molecule has 12 heteroatoms. The molecule has 4 amide bonds.